The number of amides is 1. The average molecular weight is 402 g/mol. The van der Waals surface area contributed by atoms with Crippen molar-refractivity contribution < 1.29 is 24.2 Å². The van der Waals surface area contributed by atoms with Crippen molar-refractivity contribution in [3.05, 3.63) is 35.1 Å². The zero-order valence-corrected chi connectivity index (χ0v) is 17.6. The number of methoxy groups -OCH3 is 2. The number of carbonyl (C=O) groups excluding carboxylic acids is 2. The van der Waals surface area contributed by atoms with Gasteiger partial charge >= 0.3 is 0 Å². The summed E-state index contributed by atoms with van der Waals surface area (Å²) in [5.41, 5.74) is 0.771. The molecular weight excluding hydrogens is 372 g/mol. The van der Waals surface area contributed by atoms with Gasteiger partial charge in [0, 0.05) is 24.6 Å². The van der Waals surface area contributed by atoms with E-state index in [-0.39, 0.29) is 17.3 Å². The molecule has 1 amide bonds. The lowest BCUT2D eigenvalue weighted by molar-refractivity contribution is -0.129. The standard InChI is InChI=1S/C22H30N2O5/c1-14(2)19(25)17-18(15-8-7-9-16(28-3)21(15)29-4)24(22(27)20(17)26)13-12-23-10-5-6-11-23/h7-9,14,18,26H,5-6,10-13H2,1-4H3. The maximum Gasteiger partial charge on any atom is 0.290 e. The normalized spacial score (nSPS) is 20.1. The third kappa shape index (κ3) is 3.96. The van der Waals surface area contributed by atoms with Crippen LogP contribution in [0, 0.1) is 5.92 Å². The zero-order chi connectivity index (χ0) is 21.1. The second-order valence-electron chi connectivity index (χ2n) is 7.81. The SMILES string of the molecule is COc1cccc(C2C(C(=O)C(C)C)=C(O)C(=O)N2CCN2CCCC2)c1OC. The molecule has 1 atom stereocenters. The van der Waals surface area contributed by atoms with Gasteiger partial charge in [-0.05, 0) is 32.0 Å². The first kappa shape index (κ1) is 21.2. The highest BCUT2D eigenvalue weighted by atomic mass is 16.5. The lowest BCUT2D eigenvalue weighted by Gasteiger charge is -2.30. The van der Waals surface area contributed by atoms with Gasteiger partial charge < -0.3 is 24.4 Å². The summed E-state index contributed by atoms with van der Waals surface area (Å²) < 4.78 is 11.0. The molecule has 0 bridgehead atoms. The minimum Gasteiger partial charge on any atom is -0.503 e. The van der Waals surface area contributed by atoms with E-state index in [1.54, 1.807) is 38.0 Å². The summed E-state index contributed by atoms with van der Waals surface area (Å²) in [6, 6.07) is 4.67. The third-order valence-electron chi connectivity index (χ3n) is 5.68. The van der Waals surface area contributed by atoms with E-state index in [2.05, 4.69) is 4.90 Å². The number of nitrogens with zero attached hydrogens (tertiary/aromatic N) is 2. The van der Waals surface area contributed by atoms with Crippen molar-refractivity contribution in [2.45, 2.75) is 32.7 Å². The molecule has 1 unspecified atom stereocenters. The molecule has 1 N–H and O–H groups in total. The van der Waals surface area contributed by atoms with Crippen LogP contribution in [0.15, 0.2) is 29.5 Å². The number of carbonyl (C=O) groups is 2. The summed E-state index contributed by atoms with van der Waals surface area (Å²) in [5, 5.41) is 10.6. The first-order valence-corrected chi connectivity index (χ1v) is 10.1. The minimum absolute atomic E-state index is 0.137. The molecule has 29 heavy (non-hydrogen) atoms. The number of aliphatic hydroxyl groups excluding tert-OH is 1. The lowest BCUT2D eigenvalue weighted by Crippen LogP contribution is -2.38. The third-order valence-corrected chi connectivity index (χ3v) is 5.68. The van der Waals surface area contributed by atoms with Gasteiger partial charge in [0.05, 0.1) is 25.8 Å². The van der Waals surface area contributed by atoms with Gasteiger partial charge in [-0.2, -0.15) is 0 Å². The second kappa shape index (κ2) is 8.86. The van der Waals surface area contributed by atoms with Crippen LogP contribution in [0.5, 0.6) is 11.5 Å². The molecule has 1 fully saturated rings. The zero-order valence-electron chi connectivity index (χ0n) is 17.6. The predicted octanol–water partition coefficient (Wildman–Crippen LogP) is 2.72. The maximum atomic E-state index is 13.0. The van der Waals surface area contributed by atoms with Crippen molar-refractivity contribution in [3.63, 3.8) is 0 Å². The number of likely N-dealkylation sites (tertiary alicyclic amines) is 1. The quantitative estimate of drug-likeness (QED) is 0.720. The number of hydrogen-bond donors (Lipinski definition) is 1. The largest absolute Gasteiger partial charge is 0.503 e. The molecular formula is C22H30N2O5. The summed E-state index contributed by atoms with van der Waals surface area (Å²) in [6.07, 6.45) is 2.31. The van der Waals surface area contributed by atoms with E-state index in [0.717, 1.165) is 25.9 Å². The highest BCUT2D eigenvalue weighted by Gasteiger charge is 2.45. The molecule has 1 saturated heterocycles. The molecule has 0 radical (unpaired) electrons. The van der Waals surface area contributed by atoms with E-state index in [1.807, 2.05) is 6.07 Å². The Hall–Kier alpha value is -2.54. The van der Waals surface area contributed by atoms with Gasteiger partial charge in [0.2, 0.25) is 0 Å². The molecule has 1 aromatic carbocycles. The average Bonchev–Trinajstić information content (AvgIpc) is 3.32. The van der Waals surface area contributed by atoms with Crippen LogP contribution >= 0.6 is 0 Å². The summed E-state index contributed by atoms with van der Waals surface area (Å²) in [7, 11) is 3.07. The number of benzene rings is 1. The molecule has 2 heterocycles. The Kier molecular flexibility index (Phi) is 6.47. The van der Waals surface area contributed by atoms with Crippen LogP contribution in [0.25, 0.3) is 0 Å². The Morgan fingerprint density at radius 3 is 2.45 bits per heavy atom. The molecule has 7 heteroatoms. The number of hydrogen-bond acceptors (Lipinski definition) is 6. The van der Waals surface area contributed by atoms with Crippen LogP contribution in [-0.2, 0) is 9.59 Å². The Bertz CT molecular complexity index is 811. The molecule has 2 aliphatic rings. The molecule has 0 spiro atoms. The van der Waals surface area contributed by atoms with Crippen LogP contribution < -0.4 is 9.47 Å². The van der Waals surface area contributed by atoms with Gasteiger partial charge in [-0.15, -0.1) is 0 Å². The van der Waals surface area contributed by atoms with Crippen LogP contribution in [0.3, 0.4) is 0 Å². The number of Topliss-reactive ketones (excluding diaryl/α,β-unsaturated/α-hetero) is 1. The van der Waals surface area contributed by atoms with Crippen LogP contribution in [0.1, 0.15) is 38.3 Å². The van der Waals surface area contributed by atoms with Gasteiger partial charge in [-0.25, -0.2) is 0 Å². The number of ketones is 1. The fraction of sp³-hybridized carbons (Fsp3) is 0.545. The Morgan fingerprint density at radius 2 is 1.86 bits per heavy atom. The van der Waals surface area contributed by atoms with Crippen molar-refractivity contribution in [1.82, 2.24) is 9.80 Å². The van der Waals surface area contributed by atoms with E-state index in [1.165, 1.54) is 7.11 Å². The number of rotatable bonds is 8. The van der Waals surface area contributed by atoms with Crippen molar-refractivity contribution in [2.75, 3.05) is 40.4 Å². The smallest absolute Gasteiger partial charge is 0.290 e. The molecule has 0 aliphatic carbocycles. The van der Waals surface area contributed by atoms with E-state index in [4.69, 9.17) is 9.47 Å². The van der Waals surface area contributed by atoms with Crippen molar-refractivity contribution in [2.24, 2.45) is 5.92 Å². The predicted molar refractivity (Wildman–Crippen MR) is 109 cm³/mol. The topological polar surface area (TPSA) is 79.3 Å². The summed E-state index contributed by atoms with van der Waals surface area (Å²) in [4.78, 5) is 29.8. The summed E-state index contributed by atoms with van der Waals surface area (Å²) in [6.45, 7) is 6.66. The second-order valence-corrected chi connectivity index (χ2v) is 7.81. The van der Waals surface area contributed by atoms with E-state index >= 15 is 0 Å². The fourth-order valence-corrected chi connectivity index (χ4v) is 4.15. The van der Waals surface area contributed by atoms with Crippen molar-refractivity contribution in [3.8, 4) is 11.5 Å². The van der Waals surface area contributed by atoms with E-state index in [0.29, 0.717) is 30.2 Å². The van der Waals surface area contributed by atoms with Gasteiger partial charge in [0.15, 0.2) is 23.0 Å². The highest BCUT2D eigenvalue weighted by Crippen LogP contribution is 2.45. The molecule has 7 nitrogen and oxygen atoms in total. The fourth-order valence-electron chi connectivity index (χ4n) is 4.15. The molecule has 158 valence electrons. The monoisotopic (exact) mass is 402 g/mol. The minimum atomic E-state index is -0.704. The first-order chi connectivity index (χ1) is 13.9. The summed E-state index contributed by atoms with van der Waals surface area (Å²) >= 11 is 0. The van der Waals surface area contributed by atoms with Gasteiger partial charge in [-0.1, -0.05) is 26.0 Å². The van der Waals surface area contributed by atoms with Crippen LogP contribution in [-0.4, -0.2) is 67.0 Å². The Labute approximate surface area is 171 Å². The summed E-state index contributed by atoms with van der Waals surface area (Å²) in [5.74, 6) is -0.586. The van der Waals surface area contributed by atoms with Gasteiger partial charge in [-0.3, -0.25) is 9.59 Å². The number of aliphatic hydroxyl groups is 1. The first-order valence-electron chi connectivity index (χ1n) is 10.1. The van der Waals surface area contributed by atoms with Gasteiger partial charge in [0.25, 0.3) is 5.91 Å². The van der Waals surface area contributed by atoms with Crippen LogP contribution in [0.2, 0.25) is 0 Å². The Balaban J connectivity index is 2.05. The number of ether oxygens (including phenoxy) is 2. The Morgan fingerprint density at radius 1 is 1.17 bits per heavy atom. The molecule has 1 aromatic rings. The maximum absolute atomic E-state index is 13.0. The molecule has 3 rings (SSSR count). The molecule has 2 aliphatic heterocycles. The van der Waals surface area contributed by atoms with Crippen molar-refractivity contribution in [1.29, 1.82) is 0 Å². The van der Waals surface area contributed by atoms with Gasteiger partial charge in [0.1, 0.15) is 0 Å². The molecule has 0 saturated carbocycles. The lowest BCUT2D eigenvalue weighted by atomic mass is 9.90. The van der Waals surface area contributed by atoms with Crippen LogP contribution in [0.4, 0.5) is 0 Å². The van der Waals surface area contributed by atoms with E-state index in [9.17, 15) is 14.7 Å². The molecule has 0 aromatic heterocycles. The number of para-hydroxylation sites is 1. The highest BCUT2D eigenvalue weighted by molar-refractivity contribution is 6.09. The van der Waals surface area contributed by atoms with Crippen molar-refractivity contribution >= 4 is 11.7 Å². The van der Waals surface area contributed by atoms with E-state index < -0.39 is 17.7 Å².